The van der Waals surface area contributed by atoms with Gasteiger partial charge in [0.1, 0.15) is 5.65 Å². The summed E-state index contributed by atoms with van der Waals surface area (Å²) in [6.45, 7) is 0. The van der Waals surface area contributed by atoms with Crippen LogP contribution >= 0.6 is 0 Å². The van der Waals surface area contributed by atoms with Crippen LogP contribution in [0.3, 0.4) is 0 Å². The third-order valence-electron chi connectivity index (χ3n) is 27.6. The smallest absolute Gasteiger partial charge is 0.235 e. The van der Waals surface area contributed by atoms with Gasteiger partial charge < -0.3 is 18.3 Å². The summed E-state index contributed by atoms with van der Waals surface area (Å²) in [7, 11) is 0. The van der Waals surface area contributed by atoms with Crippen LogP contribution in [0.15, 0.2) is 498 Å². The zero-order valence-electron chi connectivity index (χ0n) is 76.6. The second kappa shape index (κ2) is 34.4. The van der Waals surface area contributed by atoms with E-state index < -0.39 is 0 Å². The Morgan fingerprint density at radius 3 is 1.01 bits per heavy atom. The fourth-order valence-electron chi connectivity index (χ4n) is 21.4. The number of para-hydroxylation sites is 9. The summed E-state index contributed by atoms with van der Waals surface area (Å²) in [4.78, 5) is 39.4. The molecule has 13 aromatic heterocycles. The topological polar surface area (TPSA) is 133 Å². The van der Waals surface area contributed by atoms with E-state index in [9.17, 15) is 0 Å². The molecule has 0 aliphatic rings. The van der Waals surface area contributed by atoms with Crippen molar-refractivity contribution in [3.63, 3.8) is 0 Å². The van der Waals surface area contributed by atoms with Crippen LogP contribution in [-0.2, 0) is 0 Å². The second-order valence-corrected chi connectivity index (χ2v) is 35.7. The van der Waals surface area contributed by atoms with Crippen molar-refractivity contribution in [1.29, 1.82) is 0 Å². The maximum atomic E-state index is 5.22. The van der Waals surface area contributed by atoms with E-state index in [1.54, 1.807) is 12.4 Å². The molecule has 0 saturated heterocycles. The van der Waals surface area contributed by atoms with E-state index in [1.807, 2.05) is 85.3 Å². The van der Waals surface area contributed by atoms with E-state index in [-0.39, 0.29) is 0 Å². The predicted molar refractivity (Wildman–Crippen MR) is 583 cm³/mol. The molecule has 0 amide bonds. The number of hydrogen-bond donors (Lipinski definition) is 0. The molecule has 0 atom stereocenters. The number of fused-ring (bicyclic) bond motifs is 19. The minimum atomic E-state index is 0.626. The normalized spacial score (nSPS) is 11.7. The van der Waals surface area contributed by atoms with Crippen LogP contribution in [0.2, 0.25) is 0 Å². The monoisotopic (exact) mass is 1810 g/mol. The minimum absolute atomic E-state index is 0.626. The van der Waals surface area contributed by atoms with Gasteiger partial charge >= 0.3 is 0 Å². The summed E-state index contributed by atoms with van der Waals surface area (Å²) >= 11 is 0. The fraction of sp³-hybridized carbons (Fsp3) is 0. The lowest BCUT2D eigenvalue weighted by Crippen LogP contribution is -2.03. The van der Waals surface area contributed by atoms with Gasteiger partial charge in [-0.3, -0.25) is 29.1 Å². The summed E-state index contributed by atoms with van der Waals surface area (Å²) in [5, 5.41) is 13.0. The second-order valence-electron chi connectivity index (χ2n) is 35.7. The van der Waals surface area contributed by atoms with E-state index in [1.165, 1.54) is 87.5 Å². The van der Waals surface area contributed by atoms with Gasteiger partial charge in [0.05, 0.1) is 106 Å². The van der Waals surface area contributed by atoms with Crippen molar-refractivity contribution in [3.8, 4) is 113 Å². The third kappa shape index (κ3) is 13.9. The molecule has 0 bridgehead atoms. The lowest BCUT2D eigenvalue weighted by molar-refractivity contribution is 1.01. The van der Waals surface area contributed by atoms with Crippen LogP contribution in [0.4, 0.5) is 0 Å². The molecule has 0 aliphatic carbocycles. The number of benzene rings is 16. The molecule has 0 N–H and O–H groups in total. The first-order valence-electron chi connectivity index (χ1n) is 47.8. The highest BCUT2D eigenvalue weighted by Crippen LogP contribution is 2.47. The zero-order valence-corrected chi connectivity index (χ0v) is 76.6. The van der Waals surface area contributed by atoms with E-state index in [4.69, 9.17) is 29.9 Å². The molecule has 16 aromatic carbocycles. The molecule has 0 saturated carbocycles. The standard InChI is InChI=1S/C50H32N6.C43H27N5.C35H23N3/c1-2-12-36(13-3-1)55-45-18-5-4-14-39(45)49-38(15-10-19-47(49)55)34-23-26-46-40(30-34)50-48(20-11-29-53-50)56(46)37-24-21-33(22-25-37)35-31-43(41-16-6-8-27-51-41)54-44(32-35)42-17-7-9-28-52-42;1-3-13-28(14-4-1)41-32-17-7-9-20-35(32)45-43(46-41)48-37-25-24-29(27-34(37)42-39(48)23-12-26-44-42)31-19-11-22-38-40(31)33-18-8-10-21-36(33)47(38)30-15-5-2-6-16-30;1-3-12-25(13-4-1)37-32-20-10-8-17-29(32)34-27(18-11-21-33(34)37)24-22-30-28-16-7-9-19-31(28)38(35(30)36-23-24)26-14-5-2-6-15-26/h1-32H;1-27H;1-23H. The molecule has 0 aliphatic heterocycles. The first-order valence-corrected chi connectivity index (χ1v) is 47.8. The van der Waals surface area contributed by atoms with Crippen molar-refractivity contribution in [2.75, 3.05) is 0 Å². The Hall–Kier alpha value is -19.4. The van der Waals surface area contributed by atoms with Crippen LogP contribution in [0, 0.1) is 0 Å². The molecule has 0 unspecified atom stereocenters. The van der Waals surface area contributed by atoms with Crippen LogP contribution in [-0.4, -0.2) is 67.3 Å². The van der Waals surface area contributed by atoms with Crippen LogP contribution in [0.1, 0.15) is 0 Å². The van der Waals surface area contributed by atoms with Crippen LogP contribution < -0.4 is 0 Å². The minimum Gasteiger partial charge on any atom is -0.309 e. The van der Waals surface area contributed by atoms with Gasteiger partial charge in [0.25, 0.3) is 0 Å². The number of nitrogens with zero attached hydrogens (tertiary/aromatic N) is 14. The Morgan fingerprint density at radius 2 is 0.528 bits per heavy atom. The average molecular weight is 1820 g/mol. The van der Waals surface area contributed by atoms with Gasteiger partial charge in [0.15, 0.2) is 0 Å². The molecule has 14 nitrogen and oxygen atoms in total. The van der Waals surface area contributed by atoms with Crippen molar-refractivity contribution in [1.82, 2.24) is 67.3 Å². The summed E-state index contributed by atoms with van der Waals surface area (Å²) in [5.41, 5.74) is 36.2. The Kier molecular flexibility index (Phi) is 19.9. The lowest BCUT2D eigenvalue weighted by atomic mass is 9.98. The quantitative estimate of drug-likeness (QED) is 0.111. The number of hydrogen-bond acceptors (Lipinski definition) is 8. The van der Waals surface area contributed by atoms with E-state index in [2.05, 4.69) is 438 Å². The van der Waals surface area contributed by atoms with Gasteiger partial charge in [-0.25, -0.2) is 19.9 Å². The van der Waals surface area contributed by atoms with E-state index >= 15 is 0 Å². The number of pyridine rings is 6. The molecule has 29 rings (SSSR count). The molecule has 0 spiro atoms. The van der Waals surface area contributed by atoms with E-state index in [0.29, 0.717) is 5.95 Å². The largest absolute Gasteiger partial charge is 0.309 e. The SMILES string of the molecule is c1ccc(-c2nc(-n3c4ccc(-c5cccc6c5c5ccccc5n6-c5ccccc5)cc4c4ncccc43)nc3ccccc23)cc1.c1ccc(-n2c3ccccc3c3c(-c4ccc5c(c4)c4ncccc4n5-c4ccc(-c5cc(-c6ccccn6)nc(-c6ccccn6)c5)cc4)cccc32)cc1.c1ccc(-n2c3ccccc3c3c(-c4cnc5c(c4)c4ccccc4n5-c4ccccc4)cccc32)cc1. The summed E-state index contributed by atoms with van der Waals surface area (Å²) < 4.78 is 13.8. The lowest BCUT2D eigenvalue weighted by Gasteiger charge is -2.12. The molecular weight excluding hydrogens is 1730 g/mol. The van der Waals surface area contributed by atoms with Crippen molar-refractivity contribution in [3.05, 3.63) is 498 Å². The Morgan fingerprint density at radius 1 is 0.169 bits per heavy atom. The highest BCUT2D eigenvalue weighted by molar-refractivity contribution is 6.21. The molecule has 142 heavy (non-hydrogen) atoms. The Labute approximate surface area is 814 Å². The highest BCUT2D eigenvalue weighted by atomic mass is 15.2. The highest BCUT2D eigenvalue weighted by Gasteiger charge is 2.26. The van der Waals surface area contributed by atoms with Crippen molar-refractivity contribution in [2.45, 2.75) is 0 Å². The number of aromatic nitrogens is 14. The zero-order chi connectivity index (χ0) is 93.7. The summed E-state index contributed by atoms with van der Waals surface area (Å²) in [6.07, 6.45) is 9.38. The number of rotatable bonds is 13. The summed E-state index contributed by atoms with van der Waals surface area (Å²) in [6, 6.07) is 164. The Balaban J connectivity index is 0.000000108. The first-order chi connectivity index (χ1) is 70.5. The van der Waals surface area contributed by atoms with Gasteiger partial charge in [-0.15, -0.1) is 0 Å². The molecule has 14 heteroatoms. The maximum Gasteiger partial charge on any atom is 0.235 e. The van der Waals surface area contributed by atoms with Crippen molar-refractivity contribution in [2.24, 2.45) is 0 Å². The Bertz CT molecular complexity index is 9910. The molecule has 0 fully saturated rings. The van der Waals surface area contributed by atoms with Gasteiger partial charge in [-0.2, -0.15) is 0 Å². The predicted octanol–water partition coefficient (Wildman–Crippen LogP) is 31.6. The van der Waals surface area contributed by atoms with Gasteiger partial charge in [0.2, 0.25) is 5.95 Å². The van der Waals surface area contributed by atoms with Crippen molar-refractivity contribution >= 4 is 142 Å². The molecular formula is C128H82N14. The van der Waals surface area contributed by atoms with Crippen molar-refractivity contribution < 1.29 is 0 Å². The third-order valence-corrected chi connectivity index (χ3v) is 27.6. The molecule has 0 radical (unpaired) electrons. The average Bonchev–Trinajstić information content (AvgIpc) is 1.57. The summed E-state index contributed by atoms with van der Waals surface area (Å²) in [5.74, 6) is 0.626. The molecule has 13 heterocycles. The first kappa shape index (κ1) is 82.1. The maximum absolute atomic E-state index is 5.22. The van der Waals surface area contributed by atoms with Crippen LogP contribution in [0.5, 0.6) is 0 Å². The molecule has 29 aromatic rings. The van der Waals surface area contributed by atoms with Gasteiger partial charge in [-0.1, -0.05) is 267 Å². The van der Waals surface area contributed by atoms with E-state index in [0.717, 1.165) is 162 Å². The van der Waals surface area contributed by atoms with Gasteiger partial charge in [0, 0.05) is 130 Å². The molecule has 664 valence electrons. The van der Waals surface area contributed by atoms with Gasteiger partial charge in [-0.05, 0) is 239 Å². The van der Waals surface area contributed by atoms with Crippen LogP contribution in [0.25, 0.3) is 255 Å². The fourth-order valence-corrected chi connectivity index (χ4v) is 21.4.